The normalized spacial score (nSPS) is 16.7. The number of aryl methyl sites for hydroxylation is 1. The van der Waals surface area contributed by atoms with Gasteiger partial charge in [0.1, 0.15) is 0 Å². The van der Waals surface area contributed by atoms with Crippen molar-refractivity contribution in [3.8, 4) is 0 Å². The molecule has 2 N–H and O–H groups in total. The summed E-state index contributed by atoms with van der Waals surface area (Å²) in [4.78, 5) is 0.772. The van der Waals surface area contributed by atoms with Crippen LogP contribution in [-0.2, 0) is 5.92 Å². The molecule has 0 radical (unpaired) electrons. The smallest absolute Gasteiger partial charge is 0.270 e. The first-order chi connectivity index (χ1) is 13.7. The summed E-state index contributed by atoms with van der Waals surface area (Å²) in [6.45, 7) is 14.7. The van der Waals surface area contributed by atoms with Crippen LogP contribution >= 0.6 is 11.8 Å². The van der Waals surface area contributed by atoms with Gasteiger partial charge in [-0.15, -0.1) is 0 Å². The van der Waals surface area contributed by atoms with Gasteiger partial charge in [-0.3, -0.25) is 0 Å². The first kappa shape index (κ1) is 23.3. The fourth-order valence-corrected chi connectivity index (χ4v) is 3.98. The van der Waals surface area contributed by atoms with Gasteiger partial charge in [-0.2, -0.15) is 0 Å². The average molecular weight is 419 g/mol. The number of hydrogen-bond donors (Lipinski definition) is 2. The lowest BCUT2D eigenvalue weighted by Gasteiger charge is -2.18. The standard InChI is InChI=1S/C24H32F2N2S/c1-17(10-12-21-9-7-14-27-19(21)3)8-6-15-28-20(4)29-22-13-11-18(2)23(16-22)24(5,25)26/h10-13,16,27-28H,3-4,6-9,14-15H2,1-2,5H3/b17-10+,21-12-. The van der Waals surface area contributed by atoms with Crippen molar-refractivity contribution in [2.45, 2.75) is 57.3 Å². The van der Waals surface area contributed by atoms with Crippen LogP contribution in [0.5, 0.6) is 0 Å². The van der Waals surface area contributed by atoms with Gasteiger partial charge in [0, 0.05) is 36.2 Å². The van der Waals surface area contributed by atoms with Gasteiger partial charge in [0.05, 0.1) is 5.03 Å². The zero-order valence-corrected chi connectivity index (χ0v) is 18.5. The summed E-state index contributed by atoms with van der Waals surface area (Å²) >= 11 is 1.39. The van der Waals surface area contributed by atoms with E-state index in [-0.39, 0.29) is 5.56 Å². The Morgan fingerprint density at radius 3 is 2.83 bits per heavy atom. The fourth-order valence-electron chi connectivity index (χ4n) is 3.20. The van der Waals surface area contributed by atoms with Crippen molar-refractivity contribution < 1.29 is 8.78 Å². The largest absolute Gasteiger partial charge is 0.385 e. The van der Waals surface area contributed by atoms with E-state index in [1.54, 1.807) is 19.1 Å². The van der Waals surface area contributed by atoms with Gasteiger partial charge in [0.25, 0.3) is 5.92 Å². The third kappa shape index (κ3) is 7.73. The second kappa shape index (κ2) is 10.7. The highest BCUT2D eigenvalue weighted by Gasteiger charge is 2.26. The molecule has 158 valence electrons. The van der Waals surface area contributed by atoms with E-state index >= 15 is 0 Å². The Bertz CT molecular complexity index is 804. The fraction of sp³-hybridized carbons (Fsp3) is 0.417. The van der Waals surface area contributed by atoms with Gasteiger partial charge < -0.3 is 10.6 Å². The highest BCUT2D eigenvalue weighted by molar-refractivity contribution is 8.03. The van der Waals surface area contributed by atoms with Gasteiger partial charge in [-0.1, -0.05) is 48.7 Å². The van der Waals surface area contributed by atoms with Crippen molar-refractivity contribution in [2.24, 2.45) is 0 Å². The third-order valence-corrected chi connectivity index (χ3v) is 5.79. The Morgan fingerprint density at radius 2 is 2.14 bits per heavy atom. The number of alkyl halides is 2. The number of rotatable bonds is 9. The first-order valence-corrected chi connectivity index (χ1v) is 10.9. The number of piperidine rings is 1. The maximum atomic E-state index is 13.7. The Hall–Kier alpha value is -2.01. The van der Waals surface area contributed by atoms with Crippen LogP contribution in [0.4, 0.5) is 8.78 Å². The Kier molecular flexibility index (Phi) is 8.57. The second-order valence-corrected chi connectivity index (χ2v) is 8.80. The van der Waals surface area contributed by atoms with Gasteiger partial charge >= 0.3 is 0 Å². The van der Waals surface area contributed by atoms with E-state index in [0.29, 0.717) is 5.56 Å². The summed E-state index contributed by atoms with van der Waals surface area (Å²) in [5.74, 6) is -2.84. The maximum Gasteiger partial charge on any atom is 0.270 e. The van der Waals surface area contributed by atoms with E-state index in [9.17, 15) is 8.78 Å². The molecule has 5 heteroatoms. The quantitative estimate of drug-likeness (QED) is 0.340. The molecule has 0 aromatic heterocycles. The molecular weight excluding hydrogens is 386 g/mol. The molecule has 1 heterocycles. The summed E-state index contributed by atoms with van der Waals surface area (Å²) in [5, 5.41) is 7.36. The van der Waals surface area contributed by atoms with Gasteiger partial charge in [0.2, 0.25) is 0 Å². The molecule has 0 amide bonds. The Balaban J connectivity index is 1.76. The van der Waals surface area contributed by atoms with Crippen LogP contribution < -0.4 is 10.6 Å². The lowest BCUT2D eigenvalue weighted by atomic mass is 10.0. The van der Waals surface area contributed by atoms with Crippen LogP contribution in [-0.4, -0.2) is 13.1 Å². The molecule has 1 aliphatic heterocycles. The van der Waals surface area contributed by atoms with Gasteiger partial charge in [-0.05, 0) is 62.8 Å². The molecular formula is C24H32F2N2S. The van der Waals surface area contributed by atoms with E-state index in [2.05, 4.69) is 42.9 Å². The summed E-state index contributed by atoms with van der Waals surface area (Å²) in [6, 6.07) is 5.15. The summed E-state index contributed by atoms with van der Waals surface area (Å²) < 4.78 is 27.4. The molecule has 1 aromatic carbocycles. The number of hydrogen-bond acceptors (Lipinski definition) is 3. The summed E-state index contributed by atoms with van der Waals surface area (Å²) in [5.41, 5.74) is 4.32. The van der Waals surface area contributed by atoms with Crippen LogP contribution in [0.2, 0.25) is 0 Å². The molecule has 2 rings (SSSR count). The Morgan fingerprint density at radius 1 is 1.38 bits per heavy atom. The number of thioether (sulfide) groups is 1. The maximum absolute atomic E-state index is 13.7. The molecule has 0 spiro atoms. The van der Waals surface area contributed by atoms with E-state index < -0.39 is 5.92 Å². The number of benzene rings is 1. The second-order valence-electron chi connectivity index (χ2n) is 7.63. The highest BCUT2D eigenvalue weighted by atomic mass is 32.2. The molecule has 1 saturated heterocycles. The molecule has 2 nitrogen and oxygen atoms in total. The van der Waals surface area contributed by atoms with Crippen molar-refractivity contribution in [1.82, 2.24) is 10.6 Å². The zero-order chi connectivity index (χ0) is 21.4. The number of nitrogens with one attached hydrogen (secondary N) is 2. The molecule has 0 aliphatic carbocycles. The average Bonchev–Trinajstić information content (AvgIpc) is 2.65. The highest BCUT2D eigenvalue weighted by Crippen LogP contribution is 2.34. The van der Waals surface area contributed by atoms with Crippen LogP contribution in [0, 0.1) is 6.92 Å². The number of halogens is 2. The Labute approximate surface area is 178 Å². The zero-order valence-electron chi connectivity index (χ0n) is 17.7. The summed E-state index contributed by atoms with van der Waals surface area (Å²) in [7, 11) is 0. The van der Waals surface area contributed by atoms with E-state index in [0.717, 1.165) is 61.3 Å². The first-order valence-electron chi connectivity index (χ1n) is 10.1. The topological polar surface area (TPSA) is 24.1 Å². The molecule has 1 aromatic rings. The lowest BCUT2D eigenvalue weighted by Crippen LogP contribution is -2.20. The third-order valence-electron chi connectivity index (χ3n) is 4.91. The minimum Gasteiger partial charge on any atom is -0.385 e. The minimum absolute atomic E-state index is 0.0704. The molecule has 1 aliphatic rings. The predicted molar refractivity (Wildman–Crippen MR) is 121 cm³/mol. The van der Waals surface area contributed by atoms with Gasteiger partial charge in [0.15, 0.2) is 0 Å². The van der Waals surface area contributed by atoms with Crippen LogP contribution in [0.25, 0.3) is 0 Å². The van der Waals surface area contributed by atoms with Crippen LogP contribution in [0.15, 0.2) is 70.3 Å². The molecule has 0 atom stereocenters. The van der Waals surface area contributed by atoms with E-state index in [1.807, 2.05) is 6.07 Å². The van der Waals surface area contributed by atoms with Gasteiger partial charge in [-0.25, -0.2) is 8.78 Å². The SMILES string of the molecule is C=C(NCCC/C(C)=C/C=C1/CCCNC1=C)Sc1ccc(C)c(C(C)(F)F)c1. The van der Waals surface area contributed by atoms with Crippen molar-refractivity contribution in [1.29, 1.82) is 0 Å². The molecule has 0 unspecified atom stereocenters. The van der Waals surface area contributed by atoms with Crippen molar-refractivity contribution in [2.75, 3.05) is 13.1 Å². The van der Waals surface area contributed by atoms with E-state index in [1.165, 1.54) is 22.9 Å². The molecule has 0 saturated carbocycles. The lowest BCUT2D eigenvalue weighted by molar-refractivity contribution is 0.0166. The summed E-state index contributed by atoms with van der Waals surface area (Å²) in [6.07, 6.45) is 8.56. The van der Waals surface area contributed by atoms with Crippen LogP contribution in [0.1, 0.15) is 50.7 Å². The van der Waals surface area contributed by atoms with Crippen molar-refractivity contribution in [3.63, 3.8) is 0 Å². The van der Waals surface area contributed by atoms with Crippen molar-refractivity contribution >= 4 is 11.8 Å². The molecule has 29 heavy (non-hydrogen) atoms. The minimum atomic E-state index is -2.84. The van der Waals surface area contributed by atoms with Crippen molar-refractivity contribution in [3.05, 3.63) is 76.5 Å². The monoisotopic (exact) mass is 418 g/mol. The predicted octanol–water partition coefficient (Wildman–Crippen LogP) is 6.81. The van der Waals surface area contributed by atoms with Crippen LogP contribution in [0.3, 0.4) is 0 Å². The molecule has 1 fully saturated rings. The molecule has 0 bridgehead atoms. The van der Waals surface area contributed by atoms with E-state index in [4.69, 9.17) is 0 Å². The number of allylic oxidation sites excluding steroid dienone is 4.